The highest BCUT2D eigenvalue weighted by atomic mass is 32.1. The second-order valence-corrected chi connectivity index (χ2v) is 8.46. The van der Waals surface area contributed by atoms with E-state index in [1.165, 1.54) is 11.0 Å². The first-order chi connectivity index (χ1) is 16.6. The number of carbonyl (C=O) groups excluding carboxylic acids is 2. The van der Waals surface area contributed by atoms with E-state index < -0.39 is 17.8 Å². The highest BCUT2D eigenvalue weighted by molar-refractivity contribution is 7.80. The Balaban J connectivity index is 1.77. The van der Waals surface area contributed by atoms with Crippen molar-refractivity contribution in [2.45, 2.75) is 20.8 Å². The number of aryl methyl sites for hydroxylation is 1. The van der Waals surface area contributed by atoms with E-state index in [0.29, 0.717) is 28.3 Å². The molecule has 0 spiro atoms. The average molecular weight is 490 g/mol. The number of methoxy groups -OCH3 is 1. The van der Waals surface area contributed by atoms with E-state index in [2.05, 4.69) is 5.32 Å². The van der Waals surface area contributed by atoms with Gasteiger partial charge in [-0.15, -0.1) is 0 Å². The van der Waals surface area contributed by atoms with Gasteiger partial charge in [-0.05, 0) is 92.7 Å². The normalized spacial score (nSPS) is 14.9. The number of benzene rings is 2. The van der Waals surface area contributed by atoms with Crippen molar-refractivity contribution < 1.29 is 24.2 Å². The smallest absolute Gasteiger partial charge is 0.336 e. The monoisotopic (exact) mass is 489 g/mol. The molecule has 0 atom stereocenters. The molecule has 1 aliphatic rings. The number of nitrogens with zero attached hydrogens (tertiary/aromatic N) is 2. The lowest BCUT2D eigenvalue weighted by Crippen LogP contribution is -2.54. The van der Waals surface area contributed by atoms with Crippen molar-refractivity contribution in [3.8, 4) is 11.4 Å². The van der Waals surface area contributed by atoms with Gasteiger partial charge in [0.1, 0.15) is 11.3 Å². The lowest BCUT2D eigenvalue weighted by Gasteiger charge is -2.29. The molecule has 9 heteroatoms. The Kier molecular flexibility index (Phi) is 6.27. The van der Waals surface area contributed by atoms with Crippen molar-refractivity contribution in [3.05, 3.63) is 82.2 Å². The molecule has 0 saturated carbocycles. The van der Waals surface area contributed by atoms with Gasteiger partial charge < -0.3 is 14.4 Å². The van der Waals surface area contributed by atoms with Gasteiger partial charge in [-0.1, -0.05) is 6.07 Å². The van der Waals surface area contributed by atoms with E-state index in [4.69, 9.17) is 17.0 Å². The van der Waals surface area contributed by atoms with E-state index in [9.17, 15) is 19.5 Å². The summed E-state index contributed by atoms with van der Waals surface area (Å²) in [5.74, 6) is -1.51. The van der Waals surface area contributed by atoms with E-state index in [1.54, 1.807) is 50.4 Å². The summed E-state index contributed by atoms with van der Waals surface area (Å²) in [5.41, 5.74) is 4.21. The largest absolute Gasteiger partial charge is 0.497 e. The maximum Gasteiger partial charge on any atom is 0.336 e. The number of thiocarbonyl (C=S) groups is 1. The van der Waals surface area contributed by atoms with Crippen LogP contribution in [0.2, 0.25) is 0 Å². The lowest BCUT2D eigenvalue weighted by atomic mass is 10.1. The van der Waals surface area contributed by atoms with Crippen molar-refractivity contribution in [2.24, 2.45) is 0 Å². The average Bonchev–Trinajstić information content (AvgIpc) is 3.09. The Morgan fingerprint density at radius 1 is 1.09 bits per heavy atom. The minimum absolute atomic E-state index is 0.00565. The van der Waals surface area contributed by atoms with Crippen LogP contribution >= 0.6 is 12.2 Å². The number of ether oxygens (including phenoxy) is 1. The van der Waals surface area contributed by atoms with Gasteiger partial charge in [-0.3, -0.25) is 19.8 Å². The van der Waals surface area contributed by atoms with Crippen LogP contribution in [0.3, 0.4) is 0 Å². The van der Waals surface area contributed by atoms with Gasteiger partial charge in [0.25, 0.3) is 11.8 Å². The van der Waals surface area contributed by atoms with Gasteiger partial charge in [0.05, 0.1) is 18.4 Å². The van der Waals surface area contributed by atoms with Gasteiger partial charge in [0.15, 0.2) is 5.11 Å². The Hall–Kier alpha value is -4.24. The third-order valence-corrected chi connectivity index (χ3v) is 6.26. The zero-order chi connectivity index (χ0) is 25.4. The SMILES string of the molecule is COc1ccc(N2C(=O)/C(=C/c3cc(C)n(-c4cccc(C(=O)O)c4C)c3C)C(=O)NC2=S)cc1. The Morgan fingerprint density at radius 3 is 2.40 bits per heavy atom. The third-order valence-electron chi connectivity index (χ3n) is 5.98. The second-order valence-electron chi connectivity index (χ2n) is 8.07. The number of anilines is 1. The number of aromatic carboxylic acids is 1. The van der Waals surface area contributed by atoms with E-state index >= 15 is 0 Å². The van der Waals surface area contributed by atoms with Crippen LogP contribution in [0.5, 0.6) is 5.75 Å². The van der Waals surface area contributed by atoms with Crippen molar-refractivity contribution in [2.75, 3.05) is 12.0 Å². The molecule has 2 amide bonds. The van der Waals surface area contributed by atoms with Gasteiger partial charge in [0.2, 0.25) is 0 Å². The van der Waals surface area contributed by atoms with Crippen LogP contribution in [0.25, 0.3) is 11.8 Å². The van der Waals surface area contributed by atoms with E-state index in [1.807, 2.05) is 30.5 Å². The Labute approximate surface area is 207 Å². The second kappa shape index (κ2) is 9.19. The zero-order valence-corrected chi connectivity index (χ0v) is 20.4. The molecule has 178 valence electrons. The zero-order valence-electron chi connectivity index (χ0n) is 19.6. The number of hydrogen-bond donors (Lipinski definition) is 2. The molecule has 0 radical (unpaired) electrons. The standard InChI is InChI=1S/C26H23N3O5S/c1-14-12-17(16(3)28(14)22-7-5-6-20(15(22)2)25(32)33)13-21-23(30)27-26(35)29(24(21)31)18-8-10-19(34-4)11-9-18/h5-13H,1-4H3,(H,32,33)(H,27,30,35)/b21-13+. The molecule has 2 aromatic carbocycles. The maximum atomic E-state index is 13.4. The first-order valence-electron chi connectivity index (χ1n) is 10.7. The fourth-order valence-electron chi connectivity index (χ4n) is 4.18. The van der Waals surface area contributed by atoms with Crippen molar-refractivity contribution in [1.82, 2.24) is 9.88 Å². The molecule has 2 N–H and O–H groups in total. The molecular formula is C26H23N3O5S. The topological polar surface area (TPSA) is 101 Å². The molecule has 0 aliphatic carbocycles. The number of amides is 2. The molecule has 35 heavy (non-hydrogen) atoms. The number of rotatable bonds is 5. The highest BCUT2D eigenvalue weighted by Gasteiger charge is 2.34. The minimum Gasteiger partial charge on any atom is -0.497 e. The van der Waals surface area contributed by atoms with Crippen LogP contribution in [-0.4, -0.2) is 39.7 Å². The number of carbonyl (C=O) groups is 3. The molecule has 3 aromatic rings. The number of hydrogen-bond acceptors (Lipinski definition) is 5. The fourth-order valence-corrected chi connectivity index (χ4v) is 4.46. The fraction of sp³-hybridized carbons (Fsp3) is 0.154. The number of aromatic nitrogens is 1. The Bertz CT molecular complexity index is 1420. The summed E-state index contributed by atoms with van der Waals surface area (Å²) in [5, 5.41) is 12.1. The van der Waals surface area contributed by atoms with Crippen LogP contribution in [0, 0.1) is 20.8 Å². The van der Waals surface area contributed by atoms with Crippen molar-refractivity contribution >= 4 is 46.9 Å². The molecule has 1 fully saturated rings. The molecule has 1 saturated heterocycles. The predicted octanol–water partition coefficient (Wildman–Crippen LogP) is 3.94. The molecule has 4 rings (SSSR count). The van der Waals surface area contributed by atoms with Gasteiger partial charge in [0, 0.05) is 17.1 Å². The molecular weight excluding hydrogens is 466 g/mol. The summed E-state index contributed by atoms with van der Waals surface area (Å²) < 4.78 is 7.08. The van der Waals surface area contributed by atoms with E-state index in [-0.39, 0.29) is 16.2 Å². The van der Waals surface area contributed by atoms with Crippen LogP contribution in [0.15, 0.2) is 54.1 Å². The van der Waals surface area contributed by atoms with Crippen LogP contribution in [-0.2, 0) is 9.59 Å². The van der Waals surface area contributed by atoms with Crippen LogP contribution in [0.1, 0.15) is 32.9 Å². The molecule has 1 aromatic heterocycles. The number of carboxylic acid groups (broad SMARTS) is 1. The number of carboxylic acids is 1. The van der Waals surface area contributed by atoms with Crippen molar-refractivity contribution in [1.29, 1.82) is 0 Å². The summed E-state index contributed by atoms with van der Waals surface area (Å²) in [6.07, 6.45) is 1.53. The molecule has 0 unspecified atom stereocenters. The molecule has 1 aliphatic heterocycles. The summed E-state index contributed by atoms with van der Waals surface area (Å²) in [7, 11) is 1.54. The van der Waals surface area contributed by atoms with Crippen LogP contribution < -0.4 is 15.0 Å². The van der Waals surface area contributed by atoms with Gasteiger partial charge in [-0.2, -0.15) is 0 Å². The van der Waals surface area contributed by atoms with Gasteiger partial charge >= 0.3 is 5.97 Å². The van der Waals surface area contributed by atoms with Gasteiger partial charge in [-0.25, -0.2) is 4.79 Å². The molecule has 8 nitrogen and oxygen atoms in total. The van der Waals surface area contributed by atoms with E-state index in [0.717, 1.165) is 11.4 Å². The first kappa shape index (κ1) is 23.9. The summed E-state index contributed by atoms with van der Waals surface area (Å²) in [6, 6.07) is 13.7. The van der Waals surface area contributed by atoms with Crippen LogP contribution in [0.4, 0.5) is 5.69 Å². The maximum absolute atomic E-state index is 13.4. The summed E-state index contributed by atoms with van der Waals surface area (Å²) in [6.45, 7) is 5.48. The third kappa shape index (κ3) is 4.22. The number of nitrogens with one attached hydrogen (secondary N) is 1. The van der Waals surface area contributed by atoms with Crippen molar-refractivity contribution in [3.63, 3.8) is 0 Å². The summed E-state index contributed by atoms with van der Waals surface area (Å²) in [4.78, 5) is 39.0. The Morgan fingerprint density at radius 2 is 1.77 bits per heavy atom. The predicted molar refractivity (Wildman–Crippen MR) is 136 cm³/mol. The first-order valence-corrected chi connectivity index (χ1v) is 11.1. The lowest BCUT2D eigenvalue weighted by molar-refractivity contribution is -0.122. The molecule has 0 bridgehead atoms. The summed E-state index contributed by atoms with van der Waals surface area (Å²) >= 11 is 5.27. The quantitative estimate of drug-likeness (QED) is 0.320. The molecule has 2 heterocycles. The highest BCUT2D eigenvalue weighted by Crippen LogP contribution is 2.28. The minimum atomic E-state index is -1.01.